The summed E-state index contributed by atoms with van der Waals surface area (Å²) in [6, 6.07) is 1.25. The van der Waals surface area contributed by atoms with Crippen molar-refractivity contribution >= 4 is 9.76 Å². The monoisotopic (exact) mass is 256 g/mol. The van der Waals surface area contributed by atoms with Crippen molar-refractivity contribution in [3.05, 3.63) is 0 Å². The lowest BCUT2D eigenvalue weighted by Gasteiger charge is -2.40. The van der Waals surface area contributed by atoms with Gasteiger partial charge in [0.25, 0.3) is 0 Å². The Balaban J connectivity index is 1.93. The Morgan fingerprint density at radius 3 is 2.65 bits per heavy atom. The summed E-state index contributed by atoms with van der Waals surface area (Å²) in [5, 5.41) is 0. The number of ether oxygens (including phenoxy) is 1. The number of fused-ring (bicyclic) bond motifs is 1. The van der Waals surface area contributed by atoms with Gasteiger partial charge in [-0.15, -0.1) is 0 Å². The van der Waals surface area contributed by atoms with Crippen molar-refractivity contribution in [3.63, 3.8) is 0 Å². The highest BCUT2D eigenvalue weighted by molar-refractivity contribution is 6.27. The fraction of sp³-hybridized carbons (Fsp3) is 1.00. The Morgan fingerprint density at radius 1 is 1.29 bits per heavy atom. The van der Waals surface area contributed by atoms with Crippen LogP contribution in [0.2, 0.25) is 6.04 Å². The molecule has 0 bridgehead atoms. The smallest absolute Gasteiger partial charge is 0.162 e. The fourth-order valence-electron chi connectivity index (χ4n) is 3.67. The van der Waals surface area contributed by atoms with Crippen LogP contribution in [0.4, 0.5) is 0 Å². The maximum Gasteiger partial charge on any atom is 0.162 e. The first-order valence-electron chi connectivity index (χ1n) is 7.38. The van der Waals surface area contributed by atoms with Crippen LogP contribution in [-0.2, 0) is 9.16 Å². The first-order valence-corrected chi connectivity index (χ1v) is 8.95. The highest BCUT2D eigenvalue weighted by Crippen LogP contribution is 2.46. The average Bonchev–Trinajstić information content (AvgIpc) is 3.05. The van der Waals surface area contributed by atoms with E-state index in [1.165, 1.54) is 31.7 Å². The molecular formula is C14H28O2Si. The second-order valence-corrected chi connectivity index (χ2v) is 7.95. The van der Waals surface area contributed by atoms with Crippen molar-refractivity contribution in [1.29, 1.82) is 0 Å². The predicted molar refractivity (Wildman–Crippen MR) is 74.0 cm³/mol. The molecule has 2 nitrogen and oxygen atoms in total. The molecule has 1 aliphatic heterocycles. The number of epoxide rings is 1. The molecule has 0 N–H and O–H groups in total. The molecule has 1 heterocycles. The van der Waals surface area contributed by atoms with Crippen molar-refractivity contribution in [2.45, 2.75) is 77.2 Å². The third-order valence-corrected chi connectivity index (χ3v) is 5.98. The Bertz CT molecular complexity index is 255. The number of hydrogen-bond donors (Lipinski definition) is 0. The second kappa shape index (κ2) is 5.41. The Morgan fingerprint density at radius 2 is 2.06 bits per heavy atom. The molecule has 4 atom stereocenters. The van der Waals surface area contributed by atoms with E-state index in [0.29, 0.717) is 18.1 Å². The van der Waals surface area contributed by atoms with Gasteiger partial charge in [0.15, 0.2) is 9.76 Å². The van der Waals surface area contributed by atoms with E-state index in [-0.39, 0.29) is 15.4 Å². The summed E-state index contributed by atoms with van der Waals surface area (Å²) in [5.41, 5.74) is 0.0867. The quantitative estimate of drug-likeness (QED) is 0.538. The zero-order chi connectivity index (χ0) is 12.5. The minimum Gasteiger partial charge on any atom is -0.419 e. The molecule has 2 rings (SSSR count). The van der Waals surface area contributed by atoms with Crippen LogP contribution in [0.1, 0.15) is 53.4 Å². The average molecular weight is 256 g/mol. The van der Waals surface area contributed by atoms with Gasteiger partial charge in [0, 0.05) is 0 Å². The zero-order valence-electron chi connectivity index (χ0n) is 11.9. The highest BCUT2D eigenvalue weighted by Gasteiger charge is 2.47. The predicted octanol–water partition coefficient (Wildman–Crippen LogP) is 2.90. The van der Waals surface area contributed by atoms with Crippen molar-refractivity contribution < 1.29 is 9.16 Å². The van der Waals surface area contributed by atoms with Crippen molar-refractivity contribution in [2.24, 2.45) is 11.8 Å². The zero-order valence-corrected chi connectivity index (χ0v) is 13.3. The molecule has 3 heteroatoms. The van der Waals surface area contributed by atoms with Crippen LogP contribution in [0.5, 0.6) is 0 Å². The highest BCUT2D eigenvalue weighted by atomic mass is 28.2. The molecule has 0 aromatic heterocycles. The van der Waals surface area contributed by atoms with E-state index < -0.39 is 0 Å². The van der Waals surface area contributed by atoms with Gasteiger partial charge in [-0.05, 0) is 51.0 Å². The second-order valence-electron chi connectivity index (χ2n) is 6.25. The van der Waals surface area contributed by atoms with E-state index in [1.54, 1.807) is 0 Å². The van der Waals surface area contributed by atoms with Crippen LogP contribution < -0.4 is 0 Å². The third kappa shape index (κ3) is 3.12. The van der Waals surface area contributed by atoms with E-state index in [9.17, 15) is 0 Å². The van der Waals surface area contributed by atoms with Gasteiger partial charge in [0.1, 0.15) is 0 Å². The van der Waals surface area contributed by atoms with Gasteiger partial charge < -0.3 is 9.16 Å². The Labute approximate surface area is 108 Å². The summed E-state index contributed by atoms with van der Waals surface area (Å²) in [6.45, 7) is 9.18. The van der Waals surface area contributed by atoms with E-state index in [0.717, 1.165) is 5.92 Å². The molecular weight excluding hydrogens is 228 g/mol. The molecule has 0 aromatic rings. The molecule has 1 saturated heterocycles. The fourth-order valence-corrected chi connectivity index (χ4v) is 4.61. The van der Waals surface area contributed by atoms with Crippen LogP contribution >= 0.6 is 0 Å². The van der Waals surface area contributed by atoms with Gasteiger partial charge in [-0.2, -0.15) is 0 Å². The molecule has 17 heavy (non-hydrogen) atoms. The first kappa shape index (κ1) is 13.6. The standard InChI is InChI=1S/C14H28O2Si/c1-5-11(14(3,4)16-17-6-2)10-7-8-12-13(9-10)15-12/h10-13H,5-9,17H2,1-4H3. The van der Waals surface area contributed by atoms with Gasteiger partial charge in [0.2, 0.25) is 0 Å². The maximum atomic E-state index is 6.23. The minimum atomic E-state index is -0.304. The third-order valence-electron chi connectivity index (χ3n) is 4.62. The summed E-state index contributed by atoms with van der Waals surface area (Å²) >= 11 is 0. The largest absolute Gasteiger partial charge is 0.419 e. The normalized spacial score (nSPS) is 34.9. The van der Waals surface area contributed by atoms with Crippen LogP contribution in [0.3, 0.4) is 0 Å². The summed E-state index contributed by atoms with van der Waals surface area (Å²) < 4.78 is 11.9. The van der Waals surface area contributed by atoms with E-state index in [4.69, 9.17) is 9.16 Å². The number of hydrogen-bond acceptors (Lipinski definition) is 2. The van der Waals surface area contributed by atoms with Gasteiger partial charge in [-0.25, -0.2) is 0 Å². The van der Waals surface area contributed by atoms with Crippen molar-refractivity contribution in [3.8, 4) is 0 Å². The van der Waals surface area contributed by atoms with Crippen LogP contribution in [-0.4, -0.2) is 27.6 Å². The molecule has 0 radical (unpaired) electrons. The molecule has 2 fully saturated rings. The van der Waals surface area contributed by atoms with Crippen LogP contribution in [0.25, 0.3) is 0 Å². The van der Waals surface area contributed by atoms with E-state index in [2.05, 4.69) is 27.7 Å². The van der Waals surface area contributed by atoms with E-state index >= 15 is 0 Å². The maximum absolute atomic E-state index is 6.23. The molecule has 1 saturated carbocycles. The molecule has 0 aromatic carbocycles. The van der Waals surface area contributed by atoms with Crippen LogP contribution in [0, 0.1) is 11.8 Å². The molecule has 1 aliphatic carbocycles. The summed E-state index contributed by atoms with van der Waals surface area (Å²) in [6.07, 6.45) is 6.38. The Kier molecular flexibility index (Phi) is 4.32. The van der Waals surface area contributed by atoms with Crippen LogP contribution in [0.15, 0.2) is 0 Å². The lowest BCUT2D eigenvalue weighted by molar-refractivity contribution is 0.00558. The minimum absolute atomic E-state index is 0.0867. The first-order chi connectivity index (χ1) is 8.08. The summed E-state index contributed by atoms with van der Waals surface area (Å²) in [7, 11) is -0.304. The van der Waals surface area contributed by atoms with Gasteiger partial charge in [-0.1, -0.05) is 20.3 Å². The lowest BCUT2D eigenvalue weighted by Crippen LogP contribution is -2.41. The molecule has 4 unspecified atom stereocenters. The Hall–Kier alpha value is 0.137. The summed E-state index contributed by atoms with van der Waals surface area (Å²) in [5.74, 6) is 1.54. The lowest BCUT2D eigenvalue weighted by atomic mass is 9.72. The molecule has 0 amide bonds. The van der Waals surface area contributed by atoms with Gasteiger partial charge >= 0.3 is 0 Å². The SMILES string of the molecule is CC[SiH2]OC(C)(C)C(CC)C1CCC2OC2C1. The van der Waals surface area contributed by atoms with Crippen molar-refractivity contribution in [2.75, 3.05) is 0 Å². The molecule has 100 valence electrons. The topological polar surface area (TPSA) is 21.8 Å². The van der Waals surface area contributed by atoms with E-state index in [1.807, 2.05) is 0 Å². The molecule has 0 spiro atoms. The summed E-state index contributed by atoms with van der Waals surface area (Å²) in [4.78, 5) is 0. The van der Waals surface area contributed by atoms with Gasteiger partial charge in [0.05, 0.1) is 17.8 Å². The van der Waals surface area contributed by atoms with Crippen molar-refractivity contribution in [1.82, 2.24) is 0 Å². The number of rotatable bonds is 6. The molecule has 2 aliphatic rings. The van der Waals surface area contributed by atoms with Gasteiger partial charge in [-0.3, -0.25) is 0 Å².